The lowest BCUT2D eigenvalue weighted by atomic mass is 9.74. The van der Waals surface area contributed by atoms with E-state index in [2.05, 4.69) is 39.8 Å². The molecule has 1 heterocycles. The van der Waals surface area contributed by atoms with Gasteiger partial charge in [-0.3, -0.25) is 0 Å². The Morgan fingerprint density at radius 3 is 2.17 bits per heavy atom. The minimum absolute atomic E-state index is 0.137. The van der Waals surface area contributed by atoms with Gasteiger partial charge in [0, 0.05) is 5.46 Å². The smallest absolute Gasteiger partial charge is 0.497 e. The monoisotopic (exact) mass is 332 g/mol. The Balaban J connectivity index is 1.88. The number of aliphatic hydroxyl groups excluding tert-OH is 1. The van der Waals surface area contributed by atoms with Crippen LogP contribution in [0.1, 0.15) is 64.9 Å². The van der Waals surface area contributed by atoms with Crippen LogP contribution in [-0.4, -0.2) is 36.6 Å². The fourth-order valence-corrected chi connectivity index (χ4v) is 3.57. The molecule has 0 amide bonds. The lowest BCUT2D eigenvalue weighted by Crippen LogP contribution is -2.41. The van der Waals surface area contributed by atoms with Crippen LogP contribution < -0.4 is 10.2 Å². The summed E-state index contributed by atoms with van der Waals surface area (Å²) in [6.45, 7) is 8.25. The molecule has 0 unspecified atom stereocenters. The van der Waals surface area contributed by atoms with Crippen molar-refractivity contribution in [3.05, 3.63) is 23.8 Å². The van der Waals surface area contributed by atoms with Gasteiger partial charge in [-0.2, -0.15) is 0 Å². The number of ether oxygens (including phenoxy) is 1. The summed E-state index contributed by atoms with van der Waals surface area (Å²) in [5.41, 5.74) is 1.51. The standard InChI is InChI=1S/C19H29BO4/c1-18(2)19(3,4)24-20(23-18)16-12-14(8-11-17(16)22-5)13-6-9-15(21)10-7-13/h8,11-13,15,21H,6-7,9-10H2,1-5H3. The first-order chi connectivity index (χ1) is 11.2. The molecule has 0 spiro atoms. The molecule has 5 heteroatoms. The van der Waals surface area contributed by atoms with Crippen LogP contribution in [0.25, 0.3) is 0 Å². The van der Waals surface area contributed by atoms with Gasteiger partial charge in [0.05, 0.1) is 24.4 Å². The number of methoxy groups -OCH3 is 1. The van der Waals surface area contributed by atoms with Crippen LogP contribution >= 0.6 is 0 Å². The minimum Gasteiger partial charge on any atom is -0.497 e. The summed E-state index contributed by atoms with van der Waals surface area (Å²) in [4.78, 5) is 0. The third-order valence-electron chi connectivity index (χ3n) is 5.93. The Hall–Kier alpha value is -1.04. The predicted molar refractivity (Wildman–Crippen MR) is 95.9 cm³/mol. The third kappa shape index (κ3) is 3.22. The lowest BCUT2D eigenvalue weighted by Gasteiger charge is -2.32. The normalized spacial score (nSPS) is 28.8. The van der Waals surface area contributed by atoms with Crippen LogP contribution in [0.15, 0.2) is 18.2 Å². The van der Waals surface area contributed by atoms with Crippen molar-refractivity contribution in [1.82, 2.24) is 0 Å². The van der Waals surface area contributed by atoms with Crippen LogP contribution in [0.3, 0.4) is 0 Å². The predicted octanol–water partition coefficient (Wildman–Crippen LogP) is 3.01. The van der Waals surface area contributed by atoms with E-state index in [9.17, 15) is 5.11 Å². The summed E-state index contributed by atoms with van der Waals surface area (Å²) < 4.78 is 18.0. The molecule has 1 aromatic rings. The molecule has 1 N–H and O–H groups in total. The van der Waals surface area contributed by atoms with Gasteiger partial charge in [-0.15, -0.1) is 0 Å². The van der Waals surface area contributed by atoms with E-state index in [1.807, 2.05) is 6.07 Å². The number of hydrogen-bond acceptors (Lipinski definition) is 4. The molecule has 0 radical (unpaired) electrons. The Morgan fingerprint density at radius 2 is 1.62 bits per heavy atom. The number of rotatable bonds is 3. The Bertz CT molecular complexity index is 575. The van der Waals surface area contributed by atoms with E-state index in [0.29, 0.717) is 5.92 Å². The average Bonchev–Trinajstić information content (AvgIpc) is 2.75. The van der Waals surface area contributed by atoms with Crippen molar-refractivity contribution in [2.24, 2.45) is 0 Å². The molecule has 3 rings (SSSR count). The molecule has 1 aliphatic carbocycles. The molecule has 0 aromatic heterocycles. The molecule has 24 heavy (non-hydrogen) atoms. The highest BCUT2D eigenvalue weighted by Crippen LogP contribution is 2.38. The highest BCUT2D eigenvalue weighted by molar-refractivity contribution is 6.63. The number of aliphatic hydroxyl groups is 1. The second-order valence-corrected chi connectivity index (χ2v) is 8.10. The van der Waals surface area contributed by atoms with E-state index in [0.717, 1.165) is 36.9 Å². The molecule has 1 saturated heterocycles. The van der Waals surface area contributed by atoms with Crippen molar-refractivity contribution in [3.8, 4) is 5.75 Å². The van der Waals surface area contributed by atoms with E-state index < -0.39 is 7.12 Å². The maximum atomic E-state index is 9.74. The van der Waals surface area contributed by atoms with Crippen LogP contribution in [0.4, 0.5) is 0 Å². The van der Waals surface area contributed by atoms with Gasteiger partial charge >= 0.3 is 7.12 Å². The van der Waals surface area contributed by atoms with Crippen molar-refractivity contribution in [1.29, 1.82) is 0 Å². The summed E-state index contributed by atoms with van der Waals surface area (Å²) in [6, 6.07) is 6.32. The summed E-state index contributed by atoms with van der Waals surface area (Å²) in [5, 5.41) is 9.74. The summed E-state index contributed by atoms with van der Waals surface area (Å²) in [6.07, 6.45) is 3.67. The fraction of sp³-hybridized carbons (Fsp3) is 0.684. The van der Waals surface area contributed by atoms with Crippen molar-refractivity contribution in [2.75, 3.05) is 7.11 Å². The van der Waals surface area contributed by atoms with Crippen LogP contribution in [0, 0.1) is 0 Å². The molecule has 2 fully saturated rings. The van der Waals surface area contributed by atoms with Gasteiger partial charge in [-0.05, 0) is 70.9 Å². The molecule has 1 aromatic carbocycles. The molecule has 1 saturated carbocycles. The summed E-state index contributed by atoms with van der Waals surface area (Å²) >= 11 is 0. The lowest BCUT2D eigenvalue weighted by molar-refractivity contribution is 0.00578. The van der Waals surface area contributed by atoms with E-state index in [1.165, 1.54) is 5.56 Å². The van der Waals surface area contributed by atoms with Gasteiger partial charge in [0.2, 0.25) is 0 Å². The van der Waals surface area contributed by atoms with Gasteiger partial charge in [-0.25, -0.2) is 0 Å². The second-order valence-electron chi connectivity index (χ2n) is 8.10. The summed E-state index contributed by atoms with van der Waals surface area (Å²) in [5.74, 6) is 1.29. The summed E-state index contributed by atoms with van der Waals surface area (Å²) in [7, 11) is 1.26. The van der Waals surface area contributed by atoms with E-state index >= 15 is 0 Å². The molecular formula is C19H29BO4. The van der Waals surface area contributed by atoms with Crippen LogP contribution in [-0.2, 0) is 9.31 Å². The number of benzene rings is 1. The molecule has 1 aliphatic heterocycles. The molecule has 0 bridgehead atoms. The largest absolute Gasteiger partial charge is 0.498 e. The highest BCUT2D eigenvalue weighted by Gasteiger charge is 2.52. The van der Waals surface area contributed by atoms with E-state index in [1.54, 1.807) is 7.11 Å². The SMILES string of the molecule is COc1ccc(C2CCC(O)CC2)cc1B1OC(C)(C)C(C)(C)O1. The van der Waals surface area contributed by atoms with Crippen LogP contribution in [0.5, 0.6) is 5.75 Å². The number of hydrogen-bond donors (Lipinski definition) is 1. The van der Waals surface area contributed by atoms with Gasteiger partial charge in [0.25, 0.3) is 0 Å². The Kier molecular flexibility index (Phi) is 4.71. The van der Waals surface area contributed by atoms with Crippen molar-refractivity contribution in [2.45, 2.75) is 76.6 Å². The second kappa shape index (κ2) is 6.36. The first-order valence-electron chi connectivity index (χ1n) is 8.95. The van der Waals surface area contributed by atoms with Crippen molar-refractivity contribution in [3.63, 3.8) is 0 Å². The van der Waals surface area contributed by atoms with E-state index in [4.69, 9.17) is 14.0 Å². The average molecular weight is 332 g/mol. The zero-order chi connectivity index (χ0) is 17.5. The van der Waals surface area contributed by atoms with Gasteiger partial charge < -0.3 is 19.2 Å². The Labute approximate surface area is 145 Å². The molecule has 132 valence electrons. The molecule has 4 nitrogen and oxygen atoms in total. The van der Waals surface area contributed by atoms with Crippen molar-refractivity contribution >= 4 is 12.6 Å². The molecule has 0 atom stereocenters. The van der Waals surface area contributed by atoms with Gasteiger partial charge in [0.1, 0.15) is 5.75 Å². The maximum Gasteiger partial charge on any atom is 0.498 e. The van der Waals surface area contributed by atoms with Gasteiger partial charge in [-0.1, -0.05) is 12.1 Å². The van der Waals surface area contributed by atoms with Gasteiger partial charge in [0.15, 0.2) is 0 Å². The first-order valence-corrected chi connectivity index (χ1v) is 8.95. The maximum absolute atomic E-state index is 9.74. The first kappa shape index (κ1) is 17.8. The topological polar surface area (TPSA) is 47.9 Å². The Morgan fingerprint density at radius 1 is 1.04 bits per heavy atom. The van der Waals surface area contributed by atoms with E-state index in [-0.39, 0.29) is 17.3 Å². The highest BCUT2D eigenvalue weighted by atomic mass is 16.7. The fourth-order valence-electron chi connectivity index (χ4n) is 3.57. The third-order valence-corrected chi connectivity index (χ3v) is 5.93. The minimum atomic E-state index is -0.418. The quantitative estimate of drug-likeness (QED) is 0.865. The van der Waals surface area contributed by atoms with Crippen LogP contribution in [0.2, 0.25) is 0 Å². The molecule has 2 aliphatic rings. The zero-order valence-electron chi connectivity index (χ0n) is 15.5. The zero-order valence-corrected chi connectivity index (χ0v) is 15.5. The van der Waals surface area contributed by atoms with Crippen molar-refractivity contribution < 1.29 is 19.2 Å². The molecular weight excluding hydrogens is 303 g/mol.